The number of rotatable bonds is 4. The van der Waals surface area contributed by atoms with Crippen molar-refractivity contribution in [1.82, 2.24) is 10.2 Å². The predicted molar refractivity (Wildman–Crippen MR) is 93.4 cm³/mol. The van der Waals surface area contributed by atoms with E-state index in [-0.39, 0.29) is 17.9 Å². The SMILES string of the molecule is CN(Cc1ccccc1)C(=O)C1CCC(NC(=O)OC(C)(C)C)C1. The number of carbonyl (C=O) groups is 2. The molecule has 132 valence electrons. The molecular weight excluding hydrogens is 304 g/mol. The van der Waals surface area contributed by atoms with Crippen LogP contribution >= 0.6 is 0 Å². The first-order valence-electron chi connectivity index (χ1n) is 8.53. The number of benzene rings is 1. The first-order chi connectivity index (χ1) is 11.2. The Kier molecular flexibility index (Phi) is 5.86. The minimum atomic E-state index is -0.506. The number of carbonyl (C=O) groups excluding carboxylic acids is 2. The number of amides is 2. The number of hydrogen-bond donors (Lipinski definition) is 1. The Balaban J connectivity index is 1.81. The molecule has 0 radical (unpaired) electrons. The summed E-state index contributed by atoms with van der Waals surface area (Å²) in [6, 6.07) is 9.97. The zero-order chi connectivity index (χ0) is 17.7. The molecule has 1 fully saturated rings. The molecule has 0 saturated heterocycles. The maximum Gasteiger partial charge on any atom is 0.407 e. The molecule has 1 aromatic rings. The molecule has 2 rings (SSSR count). The van der Waals surface area contributed by atoms with E-state index < -0.39 is 11.7 Å². The standard InChI is InChI=1S/C19H28N2O3/c1-19(2,3)24-18(23)20-16-11-10-15(12-16)17(22)21(4)13-14-8-6-5-7-9-14/h5-9,15-16H,10-13H2,1-4H3,(H,20,23). The summed E-state index contributed by atoms with van der Waals surface area (Å²) in [6.45, 7) is 6.13. The van der Waals surface area contributed by atoms with Gasteiger partial charge in [-0.2, -0.15) is 0 Å². The second-order valence-corrected chi connectivity index (χ2v) is 7.53. The number of alkyl carbamates (subject to hydrolysis) is 1. The molecule has 0 spiro atoms. The van der Waals surface area contributed by atoms with E-state index in [0.29, 0.717) is 13.0 Å². The van der Waals surface area contributed by atoms with Crippen LogP contribution in [0.25, 0.3) is 0 Å². The first kappa shape index (κ1) is 18.3. The highest BCUT2D eigenvalue weighted by molar-refractivity contribution is 5.79. The molecule has 2 atom stereocenters. The molecule has 0 heterocycles. The van der Waals surface area contributed by atoms with Crippen LogP contribution in [0.5, 0.6) is 0 Å². The number of nitrogens with zero attached hydrogens (tertiary/aromatic N) is 1. The van der Waals surface area contributed by atoms with Gasteiger partial charge in [0.2, 0.25) is 5.91 Å². The van der Waals surface area contributed by atoms with Crippen LogP contribution < -0.4 is 5.32 Å². The maximum absolute atomic E-state index is 12.6. The molecule has 1 aliphatic carbocycles. The van der Waals surface area contributed by atoms with Gasteiger partial charge in [-0.1, -0.05) is 30.3 Å². The molecule has 2 amide bonds. The van der Waals surface area contributed by atoms with Gasteiger partial charge in [0.25, 0.3) is 0 Å². The number of hydrogen-bond acceptors (Lipinski definition) is 3. The lowest BCUT2D eigenvalue weighted by Gasteiger charge is -2.23. The number of ether oxygens (including phenoxy) is 1. The Hall–Kier alpha value is -2.04. The van der Waals surface area contributed by atoms with Gasteiger partial charge in [-0.3, -0.25) is 4.79 Å². The molecule has 1 N–H and O–H groups in total. The lowest BCUT2D eigenvalue weighted by atomic mass is 10.1. The maximum atomic E-state index is 12.6. The fraction of sp³-hybridized carbons (Fsp3) is 0.579. The van der Waals surface area contributed by atoms with Crippen molar-refractivity contribution < 1.29 is 14.3 Å². The fourth-order valence-electron chi connectivity index (χ4n) is 3.06. The average molecular weight is 332 g/mol. The van der Waals surface area contributed by atoms with Gasteiger partial charge in [0.15, 0.2) is 0 Å². The highest BCUT2D eigenvalue weighted by atomic mass is 16.6. The molecule has 0 aromatic heterocycles. The topological polar surface area (TPSA) is 58.6 Å². The van der Waals surface area contributed by atoms with Gasteiger partial charge >= 0.3 is 6.09 Å². The van der Waals surface area contributed by atoms with Gasteiger partial charge in [-0.25, -0.2) is 4.79 Å². The van der Waals surface area contributed by atoms with Crippen molar-refractivity contribution in [1.29, 1.82) is 0 Å². The predicted octanol–water partition coefficient (Wildman–Crippen LogP) is 3.34. The summed E-state index contributed by atoms with van der Waals surface area (Å²) in [7, 11) is 1.84. The van der Waals surface area contributed by atoms with Crippen molar-refractivity contribution in [2.45, 2.75) is 58.2 Å². The molecule has 1 aromatic carbocycles. The Morgan fingerprint density at radius 1 is 1.21 bits per heavy atom. The third-order valence-electron chi connectivity index (χ3n) is 4.14. The van der Waals surface area contributed by atoms with Crippen LogP contribution in [0.3, 0.4) is 0 Å². The average Bonchev–Trinajstić information content (AvgIpc) is 2.93. The van der Waals surface area contributed by atoms with E-state index in [0.717, 1.165) is 18.4 Å². The van der Waals surface area contributed by atoms with Crippen molar-refractivity contribution in [2.75, 3.05) is 7.05 Å². The number of nitrogens with one attached hydrogen (secondary N) is 1. The van der Waals surface area contributed by atoms with E-state index >= 15 is 0 Å². The van der Waals surface area contributed by atoms with Crippen molar-refractivity contribution in [3.05, 3.63) is 35.9 Å². The van der Waals surface area contributed by atoms with Crippen LogP contribution in [-0.4, -0.2) is 35.6 Å². The highest BCUT2D eigenvalue weighted by Gasteiger charge is 2.33. The lowest BCUT2D eigenvalue weighted by molar-refractivity contribution is -0.134. The van der Waals surface area contributed by atoms with E-state index in [1.807, 2.05) is 58.2 Å². The Labute approximate surface area is 144 Å². The summed E-state index contributed by atoms with van der Waals surface area (Å²) in [6.07, 6.45) is 1.89. The zero-order valence-corrected chi connectivity index (χ0v) is 15.0. The fourth-order valence-corrected chi connectivity index (χ4v) is 3.06. The zero-order valence-electron chi connectivity index (χ0n) is 15.0. The first-order valence-corrected chi connectivity index (χ1v) is 8.53. The quantitative estimate of drug-likeness (QED) is 0.920. The van der Waals surface area contributed by atoms with Crippen molar-refractivity contribution in [3.63, 3.8) is 0 Å². The van der Waals surface area contributed by atoms with Crippen LogP contribution in [0.2, 0.25) is 0 Å². The van der Waals surface area contributed by atoms with Crippen molar-refractivity contribution in [3.8, 4) is 0 Å². The molecule has 5 nitrogen and oxygen atoms in total. The van der Waals surface area contributed by atoms with Gasteiger partial charge in [0.1, 0.15) is 5.60 Å². The van der Waals surface area contributed by atoms with Crippen LogP contribution in [0.15, 0.2) is 30.3 Å². The van der Waals surface area contributed by atoms with Gasteiger partial charge in [-0.05, 0) is 45.6 Å². The second-order valence-electron chi connectivity index (χ2n) is 7.53. The van der Waals surface area contributed by atoms with Gasteiger partial charge in [0, 0.05) is 25.6 Å². The minimum absolute atomic E-state index is 0.0129. The second kappa shape index (κ2) is 7.69. The van der Waals surface area contributed by atoms with Crippen molar-refractivity contribution in [2.24, 2.45) is 5.92 Å². The molecular formula is C19H28N2O3. The summed E-state index contributed by atoms with van der Waals surface area (Å²) in [5, 5.41) is 2.88. The Bertz CT molecular complexity index is 566. The van der Waals surface area contributed by atoms with Crippen LogP contribution in [0, 0.1) is 5.92 Å². The third kappa shape index (κ3) is 5.55. The monoisotopic (exact) mass is 332 g/mol. The van der Waals surface area contributed by atoms with E-state index in [1.165, 1.54) is 0 Å². The summed E-state index contributed by atoms with van der Waals surface area (Å²) < 4.78 is 5.28. The molecule has 0 bridgehead atoms. The molecule has 24 heavy (non-hydrogen) atoms. The molecule has 2 unspecified atom stereocenters. The normalized spacial score (nSPS) is 20.5. The Morgan fingerprint density at radius 3 is 2.50 bits per heavy atom. The molecule has 0 aliphatic heterocycles. The molecule has 1 saturated carbocycles. The van der Waals surface area contributed by atoms with Gasteiger partial charge < -0.3 is 15.0 Å². The van der Waals surface area contributed by atoms with Crippen molar-refractivity contribution >= 4 is 12.0 Å². The van der Waals surface area contributed by atoms with E-state index in [1.54, 1.807) is 4.90 Å². The third-order valence-corrected chi connectivity index (χ3v) is 4.14. The van der Waals surface area contributed by atoms with Gasteiger partial charge in [-0.15, -0.1) is 0 Å². The molecule has 1 aliphatic rings. The van der Waals surface area contributed by atoms with Crippen LogP contribution in [0.4, 0.5) is 4.79 Å². The highest BCUT2D eigenvalue weighted by Crippen LogP contribution is 2.27. The minimum Gasteiger partial charge on any atom is -0.444 e. The smallest absolute Gasteiger partial charge is 0.407 e. The summed E-state index contributed by atoms with van der Waals surface area (Å²) in [5.74, 6) is 0.117. The largest absolute Gasteiger partial charge is 0.444 e. The summed E-state index contributed by atoms with van der Waals surface area (Å²) >= 11 is 0. The summed E-state index contributed by atoms with van der Waals surface area (Å²) in [5.41, 5.74) is 0.614. The van der Waals surface area contributed by atoms with Crippen LogP contribution in [0.1, 0.15) is 45.6 Å². The molecule has 5 heteroatoms. The summed E-state index contributed by atoms with van der Waals surface area (Å²) in [4.78, 5) is 26.2. The lowest BCUT2D eigenvalue weighted by Crippen LogP contribution is -2.38. The van der Waals surface area contributed by atoms with E-state index in [4.69, 9.17) is 4.74 Å². The van der Waals surface area contributed by atoms with E-state index in [9.17, 15) is 9.59 Å². The van der Waals surface area contributed by atoms with Crippen LogP contribution in [-0.2, 0) is 16.1 Å². The van der Waals surface area contributed by atoms with E-state index in [2.05, 4.69) is 5.32 Å². The Morgan fingerprint density at radius 2 is 1.88 bits per heavy atom. The van der Waals surface area contributed by atoms with Gasteiger partial charge in [0.05, 0.1) is 0 Å².